The molecule has 3 saturated carbocycles. The first-order valence-corrected chi connectivity index (χ1v) is 11.4. The van der Waals surface area contributed by atoms with E-state index in [2.05, 4.69) is 0 Å². The number of methoxy groups -OCH3 is 1. The molecule has 1 aromatic rings. The zero-order chi connectivity index (χ0) is 22.8. The Morgan fingerprint density at radius 3 is 2.47 bits per heavy atom. The van der Waals surface area contributed by atoms with E-state index in [-0.39, 0.29) is 29.3 Å². The van der Waals surface area contributed by atoms with Crippen molar-refractivity contribution in [1.29, 1.82) is 0 Å². The van der Waals surface area contributed by atoms with Gasteiger partial charge in [0.2, 0.25) is 0 Å². The lowest BCUT2D eigenvalue weighted by molar-refractivity contribution is -0.191. The Morgan fingerprint density at radius 1 is 1.06 bits per heavy atom. The average Bonchev–Trinajstić information content (AvgIpc) is 3.36. The van der Waals surface area contributed by atoms with Gasteiger partial charge in [-0.2, -0.15) is 0 Å². The molecule has 4 unspecified atom stereocenters. The van der Waals surface area contributed by atoms with E-state index < -0.39 is 47.1 Å². The number of fused-ring (bicyclic) bond motifs is 6. The van der Waals surface area contributed by atoms with Gasteiger partial charge >= 0.3 is 11.9 Å². The number of hydrogen-bond acceptors (Lipinski definition) is 6. The molecule has 32 heavy (non-hydrogen) atoms. The monoisotopic (exact) mass is 436 g/mol. The molecule has 0 amide bonds. The third-order valence-electron chi connectivity index (χ3n) is 8.56. The quantitative estimate of drug-likeness (QED) is 0.411. The molecule has 0 aliphatic heterocycles. The van der Waals surface area contributed by atoms with Crippen molar-refractivity contribution in [3.63, 3.8) is 0 Å². The van der Waals surface area contributed by atoms with E-state index in [9.17, 15) is 19.2 Å². The summed E-state index contributed by atoms with van der Waals surface area (Å²) in [5.74, 6) is -3.55. The van der Waals surface area contributed by atoms with Crippen LogP contribution in [0, 0.1) is 46.8 Å². The molecule has 0 saturated heterocycles. The van der Waals surface area contributed by atoms with Crippen molar-refractivity contribution in [3.05, 3.63) is 48.0 Å². The molecule has 0 aromatic heterocycles. The summed E-state index contributed by atoms with van der Waals surface area (Å²) in [7, 11) is 1.29. The summed E-state index contributed by atoms with van der Waals surface area (Å²) in [5.41, 5.74) is -1.04. The third-order valence-corrected chi connectivity index (χ3v) is 8.56. The molecule has 3 fully saturated rings. The maximum atomic E-state index is 14.1. The molecule has 0 heterocycles. The van der Waals surface area contributed by atoms with Crippen LogP contribution >= 0.6 is 0 Å². The Kier molecular flexibility index (Phi) is 4.88. The van der Waals surface area contributed by atoms with Crippen LogP contribution in [0.4, 0.5) is 0 Å². The van der Waals surface area contributed by atoms with Crippen molar-refractivity contribution in [2.24, 2.45) is 46.8 Å². The fourth-order valence-corrected chi connectivity index (χ4v) is 7.29. The summed E-state index contributed by atoms with van der Waals surface area (Å²) in [6.45, 7) is 3.80. The highest BCUT2D eigenvalue weighted by Crippen LogP contribution is 2.64. The third kappa shape index (κ3) is 2.64. The molecular weight excluding hydrogens is 408 g/mol. The minimum Gasteiger partial charge on any atom is -0.468 e. The van der Waals surface area contributed by atoms with E-state index in [1.165, 1.54) is 7.11 Å². The SMILES string of the molecule is COC(=O)C12C(=O)C3C([C@@H]4CC(=O)[C@H]3C4)[C@@H](OC(=O)c3ccccc3)C1[C@@H](C)C=C[C@H]2C. The number of Topliss-reactive ketones (excluding diaryl/α,β-unsaturated/α-hetero) is 2. The number of ketones is 2. The second kappa shape index (κ2) is 7.39. The molecule has 6 heteroatoms. The molecule has 0 radical (unpaired) electrons. The van der Waals surface area contributed by atoms with E-state index in [0.29, 0.717) is 18.4 Å². The van der Waals surface area contributed by atoms with Gasteiger partial charge in [0.25, 0.3) is 0 Å². The van der Waals surface area contributed by atoms with Crippen LogP contribution in [0.1, 0.15) is 37.0 Å². The van der Waals surface area contributed by atoms with Gasteiger partial charge < -0.3 is 9.47 Å². The number of hydrogen-bond donors (Lipinski definition) is 0. The van der Waals surface area contributed by atoms with Crippen molar-refractivity contribution in [3.8, 4) is 0 Å². The van der Waals surface area contributed by atoms with Crippen LogP contribution in [0.15, 0.2) is 42.5 Å². The Bertz CT molecular complexity index is 1010. The summed E-state index contributed by atoms with van der Waals surface area (Å²) >= 11 is 0. The van der Waals surface area contributed by atoms with Crippen molar-refractivity contribution >= 4 is 23.5 Å². The van der Waals surface area contributed by atoms with Crippen LogP contribution in [-0.2, 0) is 23.9 Å². The van der Waals surface area contributed by atoms with Gasteiger partial charge in [-0.1, -0.05) is 44.2 Å². The van der Waals surface area contributed by atoms with Crippen molar-refractivity contribution in [2.75, 3.05) is 7.11 Å². The molecule has 9 atom stereocenters. The van der Waals surface area contributed by atoms with Gasteiger partial charge in [-0.05, 0) is 36.3 Å². The first-order valence-electron chi connectivity index (χ1n) is 11.4. The average molecular weight is 437 g/mol. The van der Waals surface area contributed by atoms with E-state index in [1.807, 2.05) is 32.1 Å². The van der Waals surface area contributed by atoms with Gasteiger partial charge in [-0.3, -0.25) is 14.4 Å². The van der Waals surface area contributed by atoms with Crippen LogP contribution in [0.5, 0.6) is 0 Å². The number of allylic oxidation sites excluding steroid dienone is 2. The van der Waals surface area contributed by atoms with Crippen LogP contribution < -0.4 is 0 Å². The Balaban J connectivity index is 1.66. The molecule has 4 aliphatic rings. The van der Waals surface area contributed by atoms with Crippen LogP contribution in [0.3, 0.4) is 0 Å². The number of carbonyl (C=O) groups excluding carboxylic acids is 4. The fraction of sp³-hybridized carbons (Fsp3) is 0.538. The lowest BCUT2D eigenvalue weighted by atomic mass is 9.46. The maximum Gasteiger partial charge on any atom is 0.338 e. The number of ether oxygens (including phenoxy) is 2. The summed E-state index contributed by atoms with van der Waals surface area (Å²) in [6, 6.07) is 8.75. The Hall–Kier alpha value is -2.76. The minimum atomic E-state index is -1.46. The molecule has 1 aromatic carbocycles. The highest BCUT2D eigenvalue weighted by Gasteiger charge is 2.73. The first kappa shape index (κ1) is 21.1. The lowest BCUT2D eigenvalue weighted by Crippen LogP contribution is -2.67. The Morgan fingerprint density at radius 2 is 1.78 bits per heavy atom. The standard InChI is InChI=1S/C26H28O6/c1-13-9-10-14(2)26(25(30)31-3)21(13)22(32-24(29)15-7-5-4-6-8-15)19-16-11-17(18(27)12-16)20(19)23(26)28/h4-10,13-14,16-17,19-22H,11-12H2,1-3H3/t13-,14+,16-,17+,19?,20?,21?,22+,26?/m0/s1. The molecule has 6 nitrogen and oxygen atoms in total. The predicted octanol–water partition coefficient (Wildman–Crippen LogP) is 3.25. The second-order valence-electron chi connectivity index (χ2n) is 9.90. The fourth-order valence-electron chi connectivity index (χ4n) is 7.29. The Labute approximate surface area is 187 Å². The highest BCUT2D eigenvalue weighted by atomic mass is 16.5. The molecule has 0 spiro atoms. The van der Waals surface area contributed by atoms with Gasteiger partial charge in [0.05, 0.1) is 12.7 Å². The number of rotatable bonds is 3. The van der Waals surface area contributed by atoms with Gasteiger partial charge in [0.1, 0.15) is 17.3 Å². The van der Waals surface area contributed by atoms with E-state index in [4.69, 9.17) is 9.47 Å². The van der Waals surface area contributed by atoms with Gasteiger partial charge in [-0.15, -0.1) is 0 Å². The van der Waals surface area contributed by atoms with Gasteiger partial charge in [0.15, 0.2) is 5.78 Å². The van der Waals surface area contributed by atoms with Crippen LogP contribution in [0.2, 0.25) is 0 Å². The van der Waals surface area contributed by atoms with Crippen molar-refractivity contribution < 1.29 is 28.7 Å². The van der Waals surface area contributed by atoms with Crippen molar-refractivity contribution in [1.82, 2.24) is 0 Å². The topological polar surface area (TPSA) is 86.7 Å². The minimum absolute atomic E-state index is 0.000850. The largest absolute Gasteiger partial charge is 0.468 e. The smallest absolute Gasteiger partial charge is 0.338 e. The summed E-state index contributed by atoms with van der Waals surface area (Å²) < 4.78 is 11.4. The molecule has 168 valence electrons. The summed E-state index contributed by atoms with van der Waals surface area (Å²) in [6.07, 6.45) is 4.29. The highest BCUT2D eigenvalue weighted by molar-refractivity contribution is 6.09. The summed E-state index contributed by atoms with van der Waals surface area (Å²) in [4.78, 5) is 53.3. The molecule has 5 rings (SSSR count). The van der Waals surface area contributed by atoms with E-state index in [0.717, 1.165) is 0 Å². The number of esters is 2. The van der Waals surface area contributed by atoms with Crippen molar-refractivity contribution in [2.45, 2.75) is 32.8 Å². The lowest BCUT2D eigenvalue weighted by Gasteiger charge is -2.56. The second-order valence-corrected chi connectivity index (χ2v) is 9.90. The zero-order valence-corrected chi connectivity index (χ0v) is 18.5. The normalized spacial score (nSPS) is 41.7. The van der Waals surface area contributed by atoms with Gasteiger partial charge in [-0.25, -0.2) is 4.79 Å². The zero-order valence-electron chi connectivity index (χ0n) is 18.5. The molecular formula is C26H28O6. The number of carbonyl (C=O) groups is 4. The van der Waals surface area contributed by atoms with E-state index >= 15 is 0 Å². The first-order chi connectivity index (χ1) is 15.3. The summed E-state index contributed by atoms with van der Waals surface area (Å²) in [5, 5.41) is 0. The molecule has 4 aliphatic carbocycles. The predicted molar refractivity (Wildman–Crippen MR) is 114 cm³/mol. The molecule has 2 bridgehead atoms. The van der Waals surface area contributed by atoms with Crippen LogP contribution in [0.25, 0.3) is 0 Å². The van der Waals surface area contributed by atoms with E-state index in [1.54, 1.807) is 24.3 Å². The molecule has 0 N–H and O–H groups in total. The maximum absolute atomic E-state index is 14.1. The van der Waals surface area contributed by atoms with Crippen LogP contribution in [-0.4, -0.2) is 36.7 Å². The van der Waals surface area contributed by atoms with Gasteiger partial charge in [0, 0.05) is 30.1 Å². The number of benzene rings is 1.